The molecule has 1 saturated carbocycles. The summed E-state index contributed by atoms with van der Waals surface area (Å²) >= 11 is 0. The maximum absolute atomic E-state index is 9.46. The summed E-state index contributed by atoms with van der Waals surface area (Å²) in [5.41, 5.74) is 2.70. The van der Waals surface area contributed by atoms with Gasteiger partial charge in [0.15, 0.2) is 0 Å². The molecule has 1 atom stereocenters. The summed E-state index contributed by atoms with van der Waals surface area (Å²) in [4.78, 5) is 0. The van der Waals surface area contributed by atoms with E-state index >= 15 is 0 Å². The van der Waals surface area contributed by atoms with Crippen molar-refractivity contribution in [2.45, 2.75) is 11.8 Å². The predicted octanol–water partition coefficient (Wildman–Crippen LogP) is 2.98. The largest absolute Gasteiger partial charge is 0.396 e. The van der Waals surface area contributed by atoms with Gasteiger partial charge in [-0.25, -0.2) is 0 Å². The van der Waals surface area contributed by atoms with Crippen LogP contribution in [0.15, 0.2) is 60.7 Å². The molecule has 0 aliphatic heterocycles. The van der Waals surface area contributed by atoms with Crippen LogP contribution in [0.1, 0.15) is 17.5 Å². The zero-order valence-electron chi connectivity index (χ0n) is 9.71. The van der Waals surface area contributed by atoms with Gasteiger partial charge in [0.1, 0.15) is 0 Å². The summed E-state index contributed by atoms with van der Waals surface area (Å²) in [5.74, 6) is 0.368. The van der Waals surface area contributed by atoms with Gasteiger partial charge in [-0.2, -0.15) is 0 Å². The van der Waals surface area contributed by atoms with Crippen LogP contribution in [0.2, 0.25) is 0 Å². The van der Waals surface area contributed by atoms with Crippen LogP contribution < -0.4 is 0 Å². The van der Waals surface area contributed by atoms with E-state index in [9.17, 15) is 5.11 Å². The number of hydrogen-bond donors (Lipinski definition) is 1. The van der Waals surface area contributed by atoms with E-state index in [1.165, 1.54) is 11.1 Å². The maximum Gasteiger partial charge on any atom is 0.0471 e. The van der Waals surface area contributed by atoms with E-state index in [0.717, 1.165) is 6.42 Å². The zero-order chi connectivity index (χ0) is 11.7. The predicted molar refractivity (Wildman–Crippen MR) is 68.9 cm³/mol. The molecule has 3 rings (SSSR count). The van der Waals surface area contributed by atoms with E-state index < -0.39 is 0 Å². The highest BCUT2D eigenvalue weighted by molar-refractivity contribution is 5.46. The average Bonchev–Trinajstić information content (AvgIpc) is 3.17. The molecule has 0 heterocycles. The van der Waals surface area contributed by atoms with Crippen LogP contribution in [0.4, 0.5) is 0 Å². The second-order valence-electron chi connectivity index (χ2n) is 4.79. The monoisotopic (exact) mass is 224 g/mol. The summed E-state index contributed by atoms with van der Waals surface area (Å²) in [7, 11) is 0. The molecular formula is C16H16O. The molecule has 2 aromatic rings. The molecule has 0 aromatic heterocycles. The second kappa shape index (κ2) is 4.01. The molecule has 1 aliphatic carbocycles. The van der Waals surface area contributed by atoms with Gasteiger partial charge in [0, 0.05) is 12.0 Å². The van der Waals surface area contributed by atoms with Gasteiger partial charge in [-0.3, -0.25) is 0 Å². The Morgan fingerprint density at radius 1 is 0.882 bits per heavy atom. The van der Waals surface area contributed by atoms with Gasteiger partial charge in [0.05, 0.1) is 0 Å². The SMILES string of the molecule is OCC1CC1(c1ccccc1)c1ccccc1. The highest BCUT2D eigenvalue weighted by Crippen LogP contribution is 2.58. The molecule has 0 radical (unpaired) electrons. The van der Waals surface area contributed by atoms with Crippen LogP contribution in [-0.2, 0) is 5.41 Å². The first-order chi connectivity index (χ1) is 8.38. The quantitative estimate of drug-likeness (QED) is 0.849. The Kier molecular flexibility index (Phi) is 2.49. The van der Waals surface area contributed by atoms with Gasteiger partial charge in [-0.1, -0.05) is 60.7 Å². The lowest BCUT2D eigenvalue weighted by molar-refractivity contribution is 0.268. The van der Waals surface area contributed by atoms with Gasteiger partial charge in [0.25, 0.3) is 0 Å². The first-order valence-corrected chi connectivity index (χ1v) is 6.10. The minimum atomic E-state index is 0.0528. The number of benzene rings is 2. The minimum absolute atomic E-state index is 0.0528. The molecule has 17 heavy (non-hydrogen) atoms. The number of aliphatic hydroxyl groups is 1. The summed E-state index contributed by atoms with van der Waals surface area (Å²) in [6.45, 7) is 0.268. The van der Waals surface area contributed by atoms with Crippen molar-refractivity contribution in [2.75, 3.05) is 6.61 Å². The van der Waals surface area contributed by atoms with E-state index in [1.807, 2.05) is 12.1 Å². The van der Waals surface area contributed by atoms with Crippen molar-refractivity contribution in [3.8, 4) is 0 Å². The molecule has 86 valence electrons. The fourth-order valence-electron chi connectivity index (χ4n) is 2.90. The molecule has 0 saturated heterocycles. The van der Waals surface area contributed by atoms with Crippen molar-refractivity contribution in [3.05, 3.63) is 71.8 Å². The first kappa shape index (κ1) is 10.5. The standard InChI is InChI=1S/C16H16O/c17-12-15-11-16(15,13-7-3-1-4-8-13)14-9-5-2-6-10-14/h1-10,15,17H,11-12H2. The Morgan fingerprint density at radius 3 is 1.71 bits per heavy atom. The molecule has 1 unspecified atom stereocenters. The molecule has 0 bridgehead atoms. The molecular weight excluding hydrogens is 208 g/mol. The lowest BCUT2D eigenvalue weighted by Gasteiger charge is -2.18. The normalized spacial score (nSPS) is 21.1. The zero-order valence-corrected chi connectivity index (χ0v) is 9.71. The molecule has 1 N–H and O–H groups in total. The molecule has 2 aromatic carbocycles. The number of aliphatic hydroxyl groups excluding tert-OH is 1. The van der Waals surface area contributed by atoms with Gasteiger partial charge in [0.2, 0.25) is 0 Å². The topological polar surface area (TPSA) is 20.2 Å². The van der Waals surface area contributed by atoms with Crippen molar-refractivity contribution < 1.29 is 5.11 Å². The summed E-state index contributed by atoms with van der Waals surface area (Å²) < 4.78 is 0. The van der Waals surface area contributed by atoms with Crippen LogP contribution in [0.5, 0.6) is 0 Å². The Morgan fingerprint density at radius 2 is 1.35 bits per heavy atom. The third-order valence-corrected chi connectivity index (χ3v) is 3.90. The average molecular weight is 224 g/mol. The smallest absolute Gasteiger partial charge is 0.0471 e. The van der Waals surface area contributed by atoms with Crippen LogP contribution in [0.3, 0.4) is 0 Å². The van der Waals surface area contributed by atoms with Crippen LogP contribution in [-0.4, -0.2) is 11.7 Å². The first-order valence-electron chi connectivity index (χ1n) is 6.10. The summed E-state index contributed by atoms with van der Waals surface area (Å²) in [5, 5.41) is 9.46. The van der Waals surface area contributed by atoms with Crippen LogP contribution >= 0.6 is 0 Å². The Labute approximate surface area is 102 Å². The molecule has 1 aliphatic rings. The van der Waals surface area contributed by atoms with E-state index in [4.69, 9.17) is 0 Å². The number of rotatable bonds is 3. The maximum atomic E-state index is 9.46. The van der Waals surface area contributed by atoms with Gasteiger partial charge >= 0.3 is 0 Å². The van der Waals surface area contributed by atoms with Gasteiger partial charge in [-0.15, -0.1) is 0 Å². The Balaban J connectivity index is 2.08. The fraction of sp³-hybridized carbons (Fsp3) is 0.250. The molecule has 1 fully saturated rings. The molecule has 0 amide bonds. The third-order valence-electron chi connectivity index (χ3n) is 3.90. The lowest BCUT2D eigenvalue weighted by atomic mass is 9.86. The van der Waals surface area contributed by atoms with Gasteiger partial charge < -0.3 is 5.11 Å². The van der Waals surface area contributed by atoms with Crippen molar-refractivity contribution >= 4 is 0 Å². The number of hydrogen-bond acceptors (Lipinski definition) is 1. The highest BCUT2D eigenvalue weighted by atomic mass is 16.3. The third kappa shape index (κ3) is 1.58. The van der Waals surface area contributed by atoms with Crippen molar-refractivity contribution in [3.63, 3.8) is 0 Å². The van der Waals surface area contributed by atoms with Crippen molar-refractivity contribution in [1.82, 2.24) is 0 Å². The molecule has 1 heteroatoms. The Hall–Kier alpha value is -1.60. The van der Waals surface area contributed by atoms with E-state index in [1.54, 1.807) is 0 Å². The summed E-state index contributed by atoms with van der Waals surface area (Å²) in [6.07, 6.45) is 1.05. The fourth-order valence-corrected chi connectivity index (χ4v) is 2.90. The minimum Gasteiger partial charge on any atom is -0.396 e. The molecule has 0 spiro atoms. The van der Waals surface area contributed by atoms with E-state index in [0.29, 0.717) is 5.92 Å². The van der Waals surface area contributed by atoms with Crippen molar-refractivity contribution in [2.24, 2.45) is 5.92 Å². The van der Waals surface area contributed by atoms with Crippen LogP contribution in [0.25, 0.3) is 0 Å². The Bertz CT molecular complexity index is 450. The summed E-state index contributed by atoms with van der Waals surface area (Å²) in [6, 6.07) is 21.1. The van der Waals surface area contributed by atoms with Crippen LogP contribution in [0, 0.1) is 5.92 Å². The highest BCUT2D eigenvalue weighted by Gasteiger charge is 2.55. The second-order valence-corrected chi connectivity index (χ2v) is 4.79. The van der Waals surface area contributed by atoms with E-state index in [-0.39, 0.29) is 12.0 Å². The molecule has 1 nitrogen and oxygen atoms in total. The van der Waals surface area contributed by atoms with E-state index in [2.05, 4.69) is 48.5 Å². The van der Waals surface area contributed by atoms with Gasteiger partial charge in [-0.05, 0) is 23.5 Å². The lowest BCUT2D eigenvalue weighted by Crippen LogP contribution is -2.13. The van der Waals surface area contributed by atoms with Crippen molar-refractivity contribution in [1.29, 1.82) is 0 Å².